The highest BCUT2D eigenvalue weighted by molar-refractivity contribution is 7.89. The van der Waals surface area contributed by atoms with Crippen LogP contribution in [0, 0.1) is 0 Å². The molecule has 1 atom stereocenters. The lowest BCUT2D eigenvalue weighted by atomic mass is 10.3. The first-order valence-electron chi connectivity index (χ1n) is 6.00. The highest BCUT2D eigenvalue weighted by Crippen LogP contribution is 2.30. The fourth-order valence-corrected chi connectivity index (χ4v) is 3.88. The van der Waals surface area contributed by atoms with Gasteiger partial charge in [-0.15, -0.1) is 0 Å². The molecular formula is C12H18N2O4S. The average Bonchev–Trinajstić information content (AvgIpc) is 2.39. The maximum atomic E-state index is 12.7. The Balaban J connectivity index is 2.46. The lowest BCUT2D eigenvalue weighted by molar-refractivity contribution is 0.0392. The van der Waals surface area contributed by atoms with E-state index in [9.17, 15) is 8.42 Å². The van der Waals surface area contributed by atoms with E-state index in [2.05, 4.69) is 0 Å². The zero-order valence-electron chi connectivity index (χ0n) is 11.0. The van der Waals surface area contributed by atoms with Gasteiger partial charge in [0.25, 0.3) is 0 Å². The van der Waals surface area contributed by atoms with E-state index < -0.39 is 10.0 Å². The second-order valence-electron chi connectivity index (χ2n) is 4.45. The van der Waals surface area contributed by atoms with Gasteiger partial charge >= 0.3 is 0 Å². The van der Waals surface area contributed by atoms with E-state index >= 15 is 0 Å². The Labute approximate surface area is 113 Å². The van der Waals surface area contributed by atoms with Crippen molar-refractivity contribution in [1.29, 1.82) is 0 Å². The SMILES string of the molecule is COc1ccc(N)cc1S(=O)(=O)N1CCOC[C@H]1C. The van der Waals surface area contributed by atoms with Crippen LogP contribution in [0.4, 0.5) is 5.69 Å². The van der Waals surface area contributed by atoms with E-state index in [0.717, 1.165) is 0 Å². The fourth-order valence-electron chi connectivity index (χ4n) is 2.09. The smallest absolute Gasteiger partial charge is 0.247 e. The van der Waals surface area contributed by atoms with Crippen LogP contribution in [0.5, 0.6) is 5.75 Å². The number of anilines is 1. The summed E-state index contributed by atoms with van der Waals surface area (Å²) < 4.78 is 37.1. The first kappa shape index (κ1) is 14.1. The van der Waals surface area contributed by atoms with Crippen molar-refractivity contribution in [3.05, 3.63) is 18.2 Å². The standard InChI is InChI=1S/C12H18N2O4S/c1-9-8-18-6-5-14(9)19(15,16)12-7-10(13)3-4-11(12)17-2/h3-4,7,9H,5-6,8,13H2,1-2H3/t9-/m1/s1. The first-order chi connectivity index (χ1) is 8.96. The molecule has 0 amide bonds. The molecule has 1 heterocycles. The monoisotopic (exact) mass is 286 g/mol. The molecular weight excluding hydrogens is 268 g/mol. The summed E-state index contributed by atoms with van der Waals surface area (Å²) in [6.45, 7) is 2.94. The Morgan fingerprint density at radius 2 is 2.21 bits per heavy atom. The molecule has 1 aromatic rings. The zero-order chi connectivity index (χ0) is 14.0. The maximum absolute atomic E-state index is 12.7. The van der Waals surface area contributed by atoms with Crippen LogP contribution in [-0.2, 0) is 14.8 Å². The second kappa shape index (κ2) is 5.36. The number of hydrogen-bond acceptors (Lipinski definition) is 5. The molecule has 0 radical (unpaired) electrons. The molecule has 1 aliphatic rings. The van der Waals surface area contributed by atoms with E-state index in [1.807, 2.05) is 6.92 Å². The summed E-state index contributed by atoms with van der Waals surface area (Å²) >= 11 is 0. The van der Waals surface area contributed by atoms with Crippen LogP contribution < -0.4 is 10.5 Å². The molecule has 2 N–H and O–H groups in total. The number of nitrogens with zero attached hydrogens (tertiary/aromatic N) is 1. The van der Waals surface area contributed by atoms with Gasteiger partial charge in [-0.2, -0.15) is 4.31 Å². The van der Waals surface area contributed by atoms with Gasteiger partial charge in [0.05, 0.1) is 20.3 Å². The van der Waals surface area contributed by atoms with Crippen LogP contribution in [-0.4, -0.2) is 45.6 Å². The van der Waals surface area contributed by atoms with E-state index in [1.165, 1.54) is 17.5 Å². The minimum atomic E-state index is -3.63. The summed E-state index contributed by atoms with van der Waals surface area (Å²) in [6, 6.07) is 4.40. The topological polar surface area (TPSA) is 81.9 Å². The molecule has 0 saturated carbocycles. The Bertz CT molecular complexity index is 559. The fraction of sp³-hybridized carbons (Fsp3) is 0.500. The van der Waals surface area contributed by atoms with Crippen molar-refractivity contribution in [2.24, 2.45) is 0 Å². The lowest BCUT2D eigenvalue weighted by Crippen LogP contribution is -2.47. The maximum Gasteiger partial charge on any atom is 0.247 e. The van der Waals surface area contributed by atoms with Gasteiger partial charge in [-0.1, -0.05) is 0 Å². The molecule has 2 rings (SSSR count). The summed E-state index contributed by atoms with van der Waals surface area (Å²) in [4.78, 5) is 0.101. The number of sulfonamides is 1. The molecule has 19 heavy (non-hydrogen) atoms. The highest BCUT2D eigenvalue weighted by atomic mass is 32.2. The van der Waals surface area contributed by atoms with E-state index in [4.69, 9.17) is 15.2 Å². The molecule has 0 aromatic heterocycles. The predicted octanol–water partition coefficient (Wildman–Crippen LogP) is 0.687. The average molecular weight is 286 g/mol. The number of ether oxygens (including phenoxy) is 2. The van der Waals surface area contributed by atoms with Crippen molar-refractivity contribution in [3.63, 3.8) is 0 Å². The van der Waals surface area contributed by atoms with Gasteiger partial charge in [0.1, 0.15) is 10.6 Å². The van der Waals surface area contributed by atoms with Crippen LogP contribution in [0.2, 0.25) is 0 Å². The minimum absolute atomic E-state index is 0.101. The van der Waals surface area contributed by atoms with Crippen molar-refractivity contribution in [3.8, 4) is 5.75 Å². The molecule has 0 unspecified atom stereocenters. The normalized spacial score (nSPS) is 21.3. The molecule has 7 heteroatoms. The lowest BCUT2D eigenvalue weighted by Gasteiger charge is -2.32. The number of nitrogen functional groups attached to an aromatic ring is 1. The Hall–Kier alpha value is -1.31. The zero-order valence-corrected chi connectivity index (χ0v) is 11.8. The highest BCUT2D eigenvalue weighted by Gasteiger charge is 2.33. The van der Waals surface area contributed by atoms with Gasteiger partial charge in [0.15, 0.2) is 0 Å². The third kappa shape index (κ3) is 2.68. The van der Waals surface area contributed by atoms with Gasteiger partial charge in [-0.25, -0.2) is 8.42 Å². The van der Waals surface area contributed by atoms with Crippen LogP contribution in [0.3, 0.4) is 0 Å². The number of benzene rings is 1. The third-order valence-corrected chi connectivity index (χ3v) is 5.12. The summed E-state index contributed by atoms with van der Waals surface area (Å²) in [5.74, 6) is 0.299. The number of methoxy groups -OCH3 is 1. The van der Waals surface area contributed by atoms with Gasteiger partial charge in [-0.05, 0) is 25.1 Å². The molecule has 1 saturated heterocycles. The number of nitrogens with two attached hydrogens (primary N) is 1. The first-order valence-corrected chi connectivity index (χ1v) is 7.44. The van der Waals surface area contributed by atoms with Crippen molar-refractivity contribution < 1.29 is 17.9 Å². The summed E-state index contributed by atoms with van der Waals surface area (Å²) in [6.07, 6.45) is 0. The molecule has 1 fully saturated rings. The van der Waals surface area contributed by atoms with Gasteiger partial charge < -0.3 is 15.2 Å². The Kier molecular flexibility index (Phi) is 3.98. The van der Waals surface area contributed by atoms with E-state index in [0.29, 0.717) is 31.2 Å². The third-order valence-electron chi connectivity index (χ3n) is 3.08. The van der Waals surface area contributed by atoms with Crippen molar-refractivity contribution >= 4 is 15.7 Å². The van der Waals surface area contributed by atoms with E-state index in [1.54, 1.807) is 12.1 Å². The number of rotatable bonds is 3. The van der Waals surface area contributed by atoms with Crippen molar-refractivity contribution in [2.75, 3.05) is 32.6 Å². The predicted molar refractivity (Wildman–Crippen MR) is 71.6 cm³/mol. The minimum Gasteiger partial charge on any atom is -0.495 e. The number of morpholine rings is 1. The van der Waals surface area contributed by atoms with Crippen molar-refractivity contribution in [2.45, 2.75) is 17.9 Å². The molecule has 6 nitrogen and oxygen atoms in total. The molecule has 0 spiro atoms. The number of hydrogen-bond donors (Lipinski definition) is 1. The quantitative estimate of drug-likeness (QED) is 0.827. The van der Waals surface area contributed by atoms with Crippen LogP contribution >= 0.6 is 0 Å². The van der Waals surface area contributed by atoms with E-state index in [-0.39, 0.29) is 10.9 Å². The summed E-state index contributed by atoms with van der Waals surface area (Å²) in [5.41, 5.74) is 6.07. The Morgan fingerprint density at radius 3 is 2.84 bits per heavy atom. The molecule has 1 aromatic carbocycles. The van der Waals surface area contributed by atoms with Gasteiger partial charge in [0, 0.05) is 18.3 Å². The molecule has 1 aliphatic heterocycles. The summed E-state index contributed by atoms with van der Waals surface area (Å²) in [7, 11) is -2.19. The largest absolute Gasteiger partial charge is 0.495 e. The van der Waals surface area contributed by atoms with Crippen LogP contribution in [0.15, 0.2) is 23.1 Å². The molecule has 0 bridgehead atoms. The van der Waals surface area contributed by atoms with Crippen molar-refractivity contribution in [1.82, 2.24) is 4.31 Å². The van der Waals surface area contributed by atoms with Gasteiger partial charge in [-0.3, -0.25) is 0 Å². The molecule has 106 valence electrons. The Morgan fingerprint density at radius 1 is 1.47 bits per heavy atom. The van der Waals surface area contributed by atoms with Crippen LogP contribution in [0.1, 0.15) is 6.92 Å². The second-order valence-corrected chi connectivity index (χ2v) is 6.31. The summed E-state index contributed by atoms with van der Waals surface area (Å²) in [5, 5.41) is 0. The van der Waals surface area contributed by atoms with Gasteiger partial charge in [0.2, 0.25) is 10.0 Å². The van der Waals surface area contributed by atoms with Crippen LogP contribution in [0.25, 0.3) is 0 Å². The molecule has 0 aliphatic carbocycles.